The van der Waals surface area contributed by atoms with Crippen molar-refractivity contribution in [2.24, 2.45) is 0 Å². The second kappa shape index (κ2) is 5.28. The number of pyridine rings is 1. The molecule has 1 rings (SSSR count). The molecule has 0 fully saturated rings. The van der Waals surface area contributed by atoms with Crippen LogP contribution in [0.5, 0.6) is 0 Å². The van der Waals surface area contributed by atoms with Crippen molar-refractivity contribution >= 4 is 28.4 Å². The largest absolute Gasteiger partial charge is 0.390 e. The SMILES string of the molecule is C#C[C@@H](Nc1cc(I)cc(F)n1)[C@@H](C)O. The summed E-state index contributed by atoms with van der Waals surface area (Å²) in [5.74, 6) is 2.11. The van der Waals surface area contributed by atoms with Crippen molar-refractivity contribution in [3.63, 3.8) is 0 Å². The zero-order chi connectivity index (χ0) is 11.4. The maximum atomic E-state index is 12.9. The Labute approximate surface area is 101 Å². The van der Waals surface area contributed by atoms with Gasteiger partial charge in [-0.25, -0.2) is 4.98 Å². The first-order valence-corrected chi connectivity index (χ1v) is 5.34. The number of halogens is 2. The maximum absolute atomic E-state index is 12.9. The minimum absolute atomic E-state index is 0.322. The van der Waals surface area contributed by atoms with Gasteiger partial charge in [0.15, 0.2) is 0 Å². The van der Waals surface area contributed by atoms with Crippen LogP contribution in [0.15, 0.2) is 12.1 Å². The Morgan fingerprint density at radius 2 is 2.33 bits per heavy atom. The van der Waals surface area contributed by atoms with Gasteiger partial charge < -0.3 is 10.4 Å². The summed E-state index contributed by atoms with van der Waals surface area (Å²) < 4.78 is 13.6. The summed E-state index contributed by atoms with van der Waals surface area (Å²) in [7, 11) is 0. The Kier molecular flexibility index (Phi) is 4.29. The summed E-state index contributed by atoms with van der Waals surface area (Å²) in [6.45, 7) is 1.56. The third-order valence-corrected chi connectivity index (χ3v) is 2.35. The molecule has 1 aromatic heterocycles. The molecule has 0 saturated carbocycles. The fourth-order valence-corrected chi connectivity index (χ4v) is 1.55. The number of hydrogen-bond acceptors (Lipinski definition) is 3. The van der Waals surface area contributed by atoms with E-state index in [1.54, 1.807) is 13.0 Å². The molecule has 2 atom stereocenters. The number of hydrogen-bond donors (Lipinski definition) is 2. The van der Waals surface area contributed by atoms with Crippen LogP contribution >= 0.6 is 22.6 Å². The van der Waals surface area contributed by atoms with Gasteiger partial charge in [0.25, 0.3) is 0 Å². The lowest BCUT2D eigenvalue weighted by atomic mass is 10.2. The highest BCUT2D eigenvalue weighted by atomic mass is 127. The van der Waals surface area contributed by atoms with E-state index in [2.05, 4.69) is 16.2 Å². The topological polar surface area (TPSA) is 45.2 Å². The quantitative estimate of drug-likeness (QED) is 0.505. The molecule has 0 radical (unpaired) electrons. The van der Waals surface area contributed by atoms with Crippen LogP contribution in [0.25, 0.3) is 0 Å². The molecule has 0 unspecified atom stereocenters. The first-order chi connectivity index (χ1) is 7.02. The van der Waals surface area contributed by atoms with Crippen LogP contribution in [0.4, 0.5) is 10.2 Å². The molecule has 0 spiro atoms. The standard InChI is InChI=1S/C10H10FIN2O/c1-3-8(6(2)15)13-10-5-7(12)4-9(11)14-10/h1,4-6,8,15H,2H3,(H,13,14)/t6-,8-/m1/s1. The number of aliphatic hydroxyl groups is 1. The third kappa shape index (κ3) is 3.64. The van der Waals surface area contributed by atoms with Crippen molar-refractivity contribution in [2.45, 2.75) is 19.1 Å². The van der Waals surface area contributed by atoms with Crippen molar-refractivity contribution < 1.29 is 9.50 Å². The molecule has 80 valence electrons. The normalized spacial score (nSPS) is 14.1. The lowest BCUT2D eigenvalue weighted by Gasteiger charge is -2.16. The van der Waals surface area contributed by atoms with E-state index >= 15 is 0 Å². The van der Waals surface area contributed by atoms with E-state index in [1.165, 1.54) is 6.07 Å². The lowest BCUT2D eigenvalue weighted by Crippen LogP contribution is -2.30. The highest BCUT2D eigenvalue weighted by molar-refractivity contribution is 14.1. The Morgan fingerprint density at radius 3 is 2.80 bits per heavy atom. The minimum Gasteiger partial charge on any atom is -0.390 e. The molecule has 0 aliphatic carbocycles. The molecular weight excluding hydrogens is 310 g/mol. The predicted molar refractivity (Wildman–Crippen MR) is 64.8 cm³/mol. The number of nitrogens with zero attached hydrogens (tertiary/aromatic N) is 1. The number of aromatic nitrogens is 1. The fraction of sp³-hybridized carbons (Fsp3) is 0.300. The Hall–Kier alpha value is -0.870. The Balaban J connectivity index is 2.85. The summed E-state index contributed by atoms with van der Waals surface area (Å²) in [5, 5.41) is 12.1. The summed E-state index contributed by atoms with van der Waals surface area (Å²) >= 11 is 1.97. The van der Waals surface area contributed by atoms with E-state index in [4.69, 9.17) is 6.42 Å². The van der Waals surface area contributed by atoms with Crippen LogP contribution < -0.4 is 5.32 Å². The number of nitrogens with one attached hydrogen (secondary N) is 1. The van der Waals surface area contributed by atoms with Crippen molar-refractivity contribution in [1.82, 2.24) is 4.98 Å². The van der Waals surface area contributed by atoms with Gasteiger partial charge in [0, 0.05) is 9.64 Å². The highest BCUT2D eigenvalue weighted by Crippen LogP contribution is 2.13. The van der Waals surface area contributed by atoms with Gasteiger partial charge in [-0.15, -0.1) is 6.42 Å². The van der Waals surface area contributed by atoms with E-state index < -0.39 is 18.1 Å². The zero-order valence-corrected chi connectivity index (χ0v) is 10.2. The van der Waals surface area contributed by atoms with Gasteiger partial charge in [-0.05, 0) is 35.6 Å². The van der Waals surface area contributed by atoms with Gasteiger partial charge in [-0.2, -0.15) is 4.39 Å². The number of anilines is 1. The third-order valence-electron chi connectivity index (χ3n) is 1.72. The number of aliphatic hydroxyl groups excluding tert-OH is 1. The molecule has 0 aliphatic heterocycles. The molecule has 15 heavy (non-hydrogen) atoms. The van der Waals surface area contributed by atoms with Crippen LogP contribution in [0.3, 0.4) is 0 Å². The van der Waals surface area contributed by atoms with Gasteiger partial charge >= 0.3 is 0 Å². The van der Waals surface area contributed by atoms with E-state index in [0.29, 0.717) is 9.39 Å². The molecule has 0 bridgehead atoms. The summed E-state index contributed by atoms with van der Waals surface area (Å²) in [6.07, 6.45) is 4.48. The first kappa shape index (κ1) is 12.2. The van der Waals surface area contributed by atoms with Gasteiger partial charge in [0.2, 0.25) is 5.95 Å². The van der Waals surface area contributed by atoms with E-state index in [-0.39, 0.29) is 0 Å². The van der Waals surface area contributed by atoms with Crippen LogP contribution in [-0.4, -0.2) is 22.2 Å². The van der Waals surface area contributed by atoms with Crippen molar-refractivity contribution in [2.75, 3.05) is 5.32 Å². The summed E-state index contributed by atoms with van der Waals surface area (Å²) in [6, 6.07) is 2.38. The maximum Gasteiger partial charge on any atom is 0.215 e. The minimum atomic E-state index is -0.724. The average Bonchev–Trinajstić information content (AvgIpc) is 2.12. The highest BCUT2D eigenvalue weighted by Gasteiger charge is 2.12. The van der Waals surface area contributed by atoms with Gasteiger partial charge in [0.1, 0.15) is 11.9 Å². The molecule has 0 amide bonds. The van der Waals surface area contributed by atoms with Gasteiger partial charge in [0.05, 0.1) is 6.10 Å². The monoisotopic (exact) mass is 320 g/mol. The molecule has 1 aromatic rings. The summed E-state index contributed by atoms with van der Waals surface area (Å²) in [4.78, 5) is 3.61. The first-order valence-electron chi connectivity index (χ1n) is 4.26. The molecule has 3 nitrogen and oxygen atoms in total. The second-order valence-electron chi connectivity index (χ2n) is 3.02. The Bertz CT molecular complexity index is 369. The van der Waals surface area contributed by atoms with Crippen LogP contribution in [0.1, 0.15) is 6.92 Å². The van der Waals surface area contributed by atoms with E-state index in [0.717, 1.165) is 0 Å². The zero-order valence-electron chi connectivity index (χ0n) is 8.04. The average molecular weight is 320 g/mol. The predicted octanol–water partition coefficient (Wildman–Crippen LogP) is 1.62. The van der Waals surface area contributed by atoms with E-state index in [9.17, 15) is 9.50 Å². The van der Waals surface area contributed by atoms with Crippen molar-refractivity contribution in [3.8, 4) is 12.3 Å². The van der Waals surface area contributed by atoms with Gasteiger partial charge in [-0.1, -0.05) is 5.92 Å². The van der Waals surface area contributed by atoms with Crippen molar-refractivity contribution in [3.05, 3.63) is 21.7 Å². The smallest absolute Gasteiger partial charge is 0.215 e. The molecule has 0 aliphatic rings. The van der Waals surface area contributed by atoms with E-state index in [1.807, 2.05) is 22.6 Å². The van der Waals surface area contributed by atoms with Crippen LogP contribution in [0, 0.1) is 21.9 Å². The molecular formula is C10H10FIN2O. The second-order valence-corrected chi connectivity index (χ2v) is 4.27. The van der Waals surface area contributed by atoms with Crippen LogP contribution in [0.2, 0.25) is 0 Å². The molecule has 5 heteroatoms. The van der Waals surface area contributed by atoms with Crippen LogP contribution in [-0.2, 0) is 0 Å². The molecule has 0 aromatic carbocycles. The fourth-order valence-electron chi connectivity index (χ4n) is 1.00. The number of rotatable bonds is 3. The molecule has 1 heterocycles. The summed E-state index contributed by atoms with van der Waals surface area (Å²) in [5.41, 5.74) is 0. The Morgan fingerprint density at radius 1 is 1.67 bits per heavy atom. The number of terminal acetylenes is 1. The lowest BCUT2D eigenvalue weighted by molar-refractivity contribution is 0.189. The molecule has 2 N–H and O–H groups in total. The van der Waals surface area contributed by atoms with Gasteiger partial charge in [-0.3, -0.25) is 0 Å². The molecule has 0 saturated heterocycles. The van der Waals surface area contributed by atoms with Crippen molar-refractivity contribution in [1.29, 1.82) is 0 Å².